The first-order valence-electron chi connectivity index (χ1n) is 8.75. The number of H-pyrrole nitrogens is 1. The van der Waals surface area contributed by atoms with Crippen molar-refractivity contribution in [3.05, 3.63) is 34.5 Å². The Morgan fingerprint density at radius 1 is 1.40 bits per heavy atom. The first-order chi connectivity index (χ1) is 12.0. The fraction of sp³-hybridized carbons (Fsp3) is 0.474. The van der Waals surface area contributed by atoms with Crippen LogP contribution in [0.3, 0.4) is 0 Å². The number of aromatic amines is 1. The van der Waals surface area contributed by atoms with E-state index in [0.717, 1.165) is 42.4 Å². The average molecular weight is 362 g/mol. The molecule has 6 heteroatoms. The summed E-state index contributed by atoms with van der Waals surface area (Å²) in [6, 6.07) is 5.81. The van der Waals surface area contributed by atoms with Crippen molar-refractivity contribution in [2.75, 3.05) is 19.6 Å². The number of carbonyl (C=O) groups is 2. The van der Waals surface area contributed by atoms with E-state index in [1.807, 2.05) is 25.1 Å². The van der Waals surface area contributed by atoms with Gasteiger partial charge in [-0.3, -0.25) is 9.59 Å². The molecule has 1 unspecified atom stereocenters. The lowest BCUT2D eigenvalue weighted by molar-refractivity contribution is -0.133. The fourth-order valence-corrected chi connectivity index (χ4v) is 3.78. The van der Waals surface area contributed by atoms with Crippen LogP contribution in [0.2, 0.25) is 5.02 Å². The second-order valence-electron chi connectivity index (χ2n) is 6.76. The molecule has 2 aromatic rings. The monoisotopic (exact) mass is 361 g/mol. The van der Waals surface area contributed by atoms with Crippen molar-refractivity contribution >= 4 is 34.3 Å². The van der Waals surface area contributed by atoms with Crippen LogP contribution in [0, 0.1) is 12.8 Å². The SMILES string of the molecule is CC(=O)N1CCCC(C(=O)NCCc2c(C)[nH]c3ccc(Cl)cc23)C1. The number of nitrogens with zero attached hydrogens (tertiary/aromatic N) is 1. The molecule has 5 nitrogen and oxygen atoms in total. The van der Waals surface area contributed by atoms with Crippen LogP contribution in [0.15, 0.2) is 18.2 Å². The van der Waals surface area contributed by atoms with Crippen molar-refractivity contribution in [2.24, 2.45) is 5.92 Å². The Labute approximate surface area is 152 Å². The molecule has 3 rings (SSSR count). The Morgan fingerprint density at radius 3 is 2.96 bits per heavy atom. The van der Waals surface area contributed by atoms with Crippen molar-refractivity contribution in [2.45, 2.75) is 33.1 Å². The minimum absolute atomic E-state index is 0.0430. The normalized spacial score (nSPS) is 17.7. The maximum atomic E-state index is 12.4. The number of carbonyl (C=O) groups excluding carboxylic acids is 2. The highest BCUT2D eigenvalue weighted by atomic mass is 35.5. The first-order valence-corrected chi connectivity index (χ1v) is 9.13. The van der Waals surface area contributed by atoms with Gasteiger partial charge < -0.3 is 15.2 Å². The van der Waals surface area contributed by atoms with Gasteiger partial charge in [0.1, 0.15) is 0 Å². The first kappa shape index (κ1) is 17.8. The molecule has 0 aliphatic carbocycles. The van der Waals surface area contributed by atoms with Crippen LogP contribution in [0.4, 0.5) is 0 Å². The highest BCUT2D eigenvalue weighted by Crippen LogP contribution is 2.25. The minimum atomic E-state index is -0.101. The van der Waals surface area contributed by atoms with Crippen LogP contribution in [0.5, 0.6) is 0 Å². The lowest BCUT2D eigenvalue weighted by Gasteiger charge is -2.31. The molecule has 134 valence electrons. The molecule has 1 fully saturated rings. The number of benzene rings is 1. The molecule has 0 bridgehead atoms. The van der Waals surface area contributed by atoms with Crippen LogP contribution in [0.1, 0.15) is 31.0 Å². The van der Waals surface area contributed by atoms with Crippen LogP contribution in [-0.4, -0.2) is 41.3 Å². The maximum absolute atomic E-state index is 12.4. The van der Waals surface area contributed by atoms with Gasteiger partial charge in [0.25, 0.3) is 0 Å². The Morgan fingerprint density at radius 2 is 2.20 bits per heavy atom. The quantitative estimate of drug-likeness (QED) is 0.879. The molecule has 1 saturated heterocycles. The number of aromatic nitrogens is 1. The summed E-state index contributed by atoms with van der Waals surface area (Å²) in [4.78, 5) is 29.0. The third-order valence-electron chi connectivity index (χ3n) is 4.99. The van der Waals surface area contributed by atoms with E-state index in [-0.39, 0.29) is 17.7 Å². The highest BCUT2D eigenvalue weighted by molar-refractivity contribution is 6.31. The number of fused-ring (bicyclic) bond motifs is 1. The van der Waals surface area contributed by atoms with Gasteiger partial charge in [-0.25, -0.2) is 0 Å². The lowest BCUT2D eigenvalue weighted by atomic mass is 9.97. The molecular weight excluding hydrogens is 338 g/mol. The average Bonchev–Trinajstić information content (AvgIpc) is 2.90. The lowest BCUT2D eigenvalue weighted by Crippen LogP contribution is -2.45. The van der Waals surface area contributed by atoms with Crippen molar-refractivity contribution in [1.29, 1.82) is 0 Å². The molecule has 2 N–H and O–H groups in total. The van der Waals surface area contributed by atoms with E-state index in [0.29, 0.717) is 18.1 Å². The van der Waals surface area contributed by atoms with Gasteiger partial charge >= 0.3 is 0 Å². The maximum Gasteiger partial charge on any atom is 0.224 e. The molecule has 1 aliphatic heterocycles. The van der Waals surface area contributed by atoms with Gasteiger partial charge in [0, 0.05) is 48.2 Å². The third kappa shape index (κ3) is 3.98. The van der Waals surface area contributed by atoms with Crippen molar-refractivity contribution < 1.29 is 9.59 Å². The van der Waals surface area contributed by atoms with E-state index >= 15 is 0 Å². The van der Waals surface area contributed by atoms with E-state index in [9.17, 15) is 9.59 Å². The van der Waals surface area contributed by atoms with E-state index in [1.165, 1.54) is 5.56 Å². The van der Waals surface area contributed by atoms with Gasteiger partial charge in [-0.1, -0.05) is 11.6 Å². The van der Waals surface area contributed by atoms with Crippen molar-refractivity contribution in [3.8, 4) is 0 Å². The largest absolute Gasteiger partial charge is 0.358 e. The van der Waals surface area contributed by atoms with Gasteiger partial charge in [-0.05, 0) is 49.9 Å². The Balaban J connectivity index is 1.59. The number of halogens is 1. The molecule has 1 atom stereocenters. The van der Waals surface area contributed by atoms with Gasteiger partial charge in [0.15, 0.2) is 0 Å². The molecule has 2 amide bonds. The Kier molecular flexibility index (Phi) is 5.33. The molecule has 2 heterocycles. The Hall–Kier alpha value is -2.01. The smallest absolute Gasteiger partial charge is 0.224 e. The Bertz CT molecular complexity index is 799. The third-order valence-corrected chi connectivity index (χ3v) is 5.23. The number of aryl methyl sites for hydroxylation is 1. The van der Waals surface area contributed by atoms with E-state index < -0.39 is 0 Å². The van der Waals surface area contributed by atoms with Gasteiger partial charge in [0.05, 0.1) is 5.92 Å². The zero-order valence-electron chi connectivity index (χ0n) is 14.7. The molecule has 1 aromatic heterocycles. The van der Waals surface area contributed by atoms with Crippen LogP contribution >= 0.6 is 11.6 Å². The summed E-state index contributed by atoms with van der Waals surface area (Å²) in [5, 5.41) is 4.86. The highest BCUT2D eigenvalue weighted by Gasteiger charge is 2.26. The predicted molar refractivity (Wildman–Crippen MR) is 99.7 cm³/mol. The molecule has 0 radical (unpaired) electrons. The van der Waals surface area contributed by atoms with E-state index in [2.05, 4.69) is 10.3 Å². The zero-order chi connectivity index (χ0) is 18.0. The predicted octanol–water partition coefficient (Wildman–Crippen LogP) is 3.05. The molecular formula is C19H24ClN3O2. The van der Waals surface area contributed by atoms with Crippen molar-refractivity contribution in [1.82, 2.24) is 15.2 Å². The number of amides is 2. The summed E-state index contributed by atoms with van der Waals surface area (Å²) < 4.78 is 0. The minimum Gasteiger partial charge on any atom is -0.358 e. The summed E-state index contributed by atoms with van der Waals surface area (Å²) >= 11 is 6.11. The fourth-order valence-electron chi connectivity index (χ4n) is 3.61. The zero-order valence-corrected chi connectivity index (χ0v) is 15.4. The molecule has 0 spiro atoms. The number of likely N-dealkylation sites (tertiary alicyclic amines) is 1. The van der Waals surface area contributed by atoms with Gasteiger partial charge in [-0.2, -0.15) is 0 Å². The van der Waals surface area contributed by atoms with E-state index in [1.54, 1.807) is 11.8 Å². The topological polar surface area (TPSA) is 65.2 Å². The number of hydrogen-bond acceptors (Lipinski definition) is 2. The van der Waals surface area contributed by atoms with E-state index in [4.69, 9.17) is 11.6 Å². The van der Waals surface area contributed by atoms with Crippen molar-refractivity contribution in [3.63, 3.8) is 0 Å². The van der Waals surface area contributed by atoms with Crippen LogP contribution in [0.25, 0.3) is 10.9 Å². The van der Waals surface area contributed by atoms with Crippen LogP contribution in [-0.2, 0) is 16.0 Å². The standard InChI is InChI=1S/C19H24ClN3O2/c1-12-16(17-10-15(20)5-6-18(17)22-12)7-8-21-19(25)14-4-3-9-23(11-14)13(2)24/h5-6,10,14,22H,3-4,7-9,11H2,1-2H3,(H,21,25). The summed E-state index contributed by atoms with van der Waals surface area (Å²) in [7, 11) is 0. The van der Waals surface area contributed by atoms with Crippen LogP contribution < -0.4 is 5.32 Å². The number of hydrogen-bond donors (Lipinski definition) is 2. The summed E-state index contributed by atoms with van der Waals surface area (Å²) in [5.74, 6) is -0.0126. The second kappa shape index (κ2) is 7.48. The number of rotatable bonds is 4. The number of nitrogens with one attached hydrogen (secondary N) is 2. The molecule has 0 saturated carbocycles. The molecule has 1 aliphatic rings. The van der Waals surface area contributed by atoms with Gasteiger partial charge in [0.2, 0.25) is 11.8 Å². The molecule has 25 heavy (non-hydrogen) atoms. The summed E-state index contributed by atoms with van der Waals surface area (Å²) in [6.07, 6.45) is 2.48. The summed E-state index contributed by atoms with van der Waals surface area (Å²) in [6.45, 7) is 5.47. The second-order valence-corrected chi connectivity index (χ2v) is 7.20. The van der Waals surface area contributed by atoms with Gasteiger partial charge in [-0.15, -0.1) is 0 Å². The number of piperidine rings is 1. The summed E-state index contributed by atoms with van der Waals surface area (Å²) in [5.41, 5.74) is 3.35. The molecule has 1 aromatic carbocycles.